The summed E-state index contributed by atoms with van der Waals surface area (Å²) in [7, 11) is 0. The molecular formula is C12H19N3O3. The predicted molar refractivity (Wildman–Crippen MR) is 68.9 cm³/mol. The maximum Gasteiger partial charge on any atom is 0.341 e. The number of aromatic nitrogens is 1. The molecule has 0 aliphatic heterocycles. The third-order valence-corrected chi connectivity index (χ3v) is 2.64. The number of nitrogen functional groups attached to an aromatic ring is 1. The standard InChI is InChI=1S/C12H19N3O3/c1-3-15(4-2)5-6-18-11-10(12(16)17)7-9(13)8-14-11/h7-8H,3-6,13H2,1-2H3,(H,16,17). The Morgan fingerprint density at radius 3 is 2.72 bits per heavy atom. The molecule has 0 amide bonds. The van der Waals surface area contributed by atoms with Gasteiger partial charge in [0.2, 0.25) is 5.88 Å². The molecule has 0 bridgehead atoms. The fourth-order valence-corrected chi connectivity index (χ4v) is 1.55. The van der Waals surface area contributed by atoms with Gasteiger partial charge in [-0.15, -0.1) is 0 Å². The van der Waals surface area contributed by atoms with Crippen LogP contribution in [0.15, 0.2) is 12.3 Å². The molecule has 6 heteroatoms. The maximum absolute atomic E-state index is 11.0. The third-order valence-electron chi connectivity index (χ3n) is 2.64. The minimum absolute atomic E-state index is 0.00505. The molecule has 0 aliphatic carbocycles. The number of aromatic carboxylic acids is 1. The number of nitrogens with two attached hydrogens (primary N) is 1. The quantitative estimate of drug-likeness (QED) is 0.756. The Bertz CT molecular complexity index is 406. The van der Waals surface area contributed by atoms with Crippen molar-refractivity contribution in [3.8, 4) is 5.88 Å². The molecule has 1 rings (SSSR count). The number of carboxylic acids is 1. The monoisotopic (exact) mass is 253 g/mol. The van der Waals surface area contributed by atoms with E-state index >= 15 is 0 Å². The van der Waals surface area contributed by atoms with Crippen molar-refractivity contribution in [2.24, 2.45) is 0 Å². The van der Waals surface area contributed by atoms with Crippen LogP contribution in [0.5, 0.6) is 5.88 Å². The minimum Gasteiger partial charge on any atom is -0.477 e. The number of rotatable bonds is 7. The van der Waals surface area contributed by atoms with Crippen molar-refractivity contribution in [1.82, 2.24) is 9.88 Å². The third kappa shape index (κ3) is 3.89. The Hall–Kier alpha value is -1.82. The van der Waals surface area contributed by atoms with Gasteiger partial charge in [0, 0.05) is 6.54 Å². The van der Waals surface area contributed by atoms with E-state index in [-0.39, 0.29) is 11.4 Å². The molecule has 0 fully saturated rings. The second-order valence-electron chi connectivity index (χ2n) is 3.80. The summed E-state index contributed by atoms with van der Waals surface area (Å²) in [6.07, 6.45) is 1.39. The average molecular weight is 253 g/mol. The summed E-state index contributed by atoms with van der Waals surface area (Å²) >= 11 is 0. The number of likely N-dealkylation sites (N-methyl/N-ethyl adjacent to an activating group) is 1. The van der Waals surface area contributed by atoms with Crippen molar-refractivity contribution in [3.05, 3.63) is 17.8 Å². The van der Waals surface area contributed by atoms with Gasteiger partial charge in [0.05, 0.1) is 11.9 Å². The van der Waals surface area contributed by atoms with E-state index in [1.165, 1.54) is 12.3 Å². The molecule has 0 saturated carbocycles. The van der Waals surface area contributed by atoms with E-state index in [1.807, 2.05) is 0 Å². The van der Waals surface area contributed by atoms with Crippen LogP contribution >= 0.6 is 0 Å². The van der Waals surface area contributed by atoms with Crippen LogP contribution in [0.2, 0.25) is 0 Å². The Kier molecular flexibility index (Phi) is 5.38. The van der Waals surface area contributed by atoms with Crippen LogP contribution in [0.4, 0.5) is 5.69 Å². The highest BCUT2D eigenvalue weighted by Gasteiger charge is 2.13. The molecule has 0 spiro atoms. The van der Waals surface area contributed by atoms with Gasteiger partial charge in [-0.05, 0) is 19.2 Å². The molecule has 1 aromatic heterocycles. The number of ether oxygens (including phenoxy) is 1. The van der Waals surface area contributed by atoms with Crippen molar-refractivity contribution in [2.45, 2.75) is 13.8 Å². The molecule has 6 nitrogen and oxygen atoms in total. The van der Waals surface area contributed by atoms with Crippen molar-refractivity contribution in [2.75, 3.05) is 32.0 Å². The summed E-state index contributed by atoms with van der Waals surface area (Å²) in [5.74, 6) is -0.975. The highest BCUT2D eigenvalue weighted by atomic mass is 16.5. The van der Waals surface area contributed by atoms with E-state index < -0.39 is 5.97 Å². The summed E-state index contributed by atoms with van der Waals surface area (Å²) < 4.78 is 5.40. The molecular weight excluding hydrogens is 234 g/mol. The van der Waals surface area contributed by atoms with Crippen molar-refractivity contribution >= 4 is 11.7 Å². The molecule has 0 unspecified atom stereocenters. The van der Waals surface area contributed by atoms with Crippen LogP contribution in [-0.2, 0) is 0 Å². The number of hydrogen-bond donors (Lipinski definition) is 2. The second kappa shape index (κ2) is 6.80. The molecule has 0 radical (unpaired) electrons. The lowest BCUT2D eigenvalue weighted by Crippen LogP contribution is -2.28. The first kappa shape index (κ1) is 14.2. The number of hydrogen-bond acceptors (Lipinski definition) is 5. The molecule has 0 saturated heterocycles. The predicted octanol–water partition coefficient (Wildman–Crippen LogP) is 1.08. The normalized spacial score (nSPS) is 10.6. The molecule has 0 aromatic carbocycles. The lowest BCUT2D eigenvalue weighted by molar-refractivity contribution is 0.0690. The van der Waals surface area contributed by atoms with Gasteiger partial charge in [-0.1, -0.05) is 13.8 Å². The van der Waals surface area contributed by atoms with E-state index in [2.05, 4.69) is 23.7 Å². The first-order valence-electron chi connectivity index (χ1n) is 5.92. The highest BCUT2D eigenvalue weighted by Crippen LogP contribution is 2.17. The molecule has 0 atom stereocenters. The van der Waals surface area contributed by atoms with E-state index in [4.69, 9.17) is 15.6 Å². The van der Waals surface area contributed by atoms with Crippen LogP contribution in [-0.4, -0.2) is 47.2 Å². The highest BCUT2D eigenvalue weighted by molar-refractivity contribution is 5.91. The van der Waals surface area contributed by atoms with Crippen molar-refractivity contribution in [1.29, 1.82) is 0 Å². The maximum atomic E-state index is 11.0. The number of anilines is 1. The van der Waals surface area contributed by atoms with Gasteiger partial charge >= 0.3 is 5.97 Å². The van der Waals surface area contributed by atoms with E-state index in [0.29, 0.717) is 12.3 Å². The summed E-state index contributed by atoms with van der Waals surface area (Å²) in [4.78, 5) is 17.1. The van der Waals surface area contributed by atoms with Gasteiger partial charge in [-0.3, -0.25) is 0 Å². The van der Waals surface area contributed by atoms with E-state index in [0.717, 1.165) is 19.6 Å². The summed E-state index contributed by atoms with van der Waals surface area (Å²) in [6.45, 7) is 7.12. The zero-order valence-electron chi connectivity index (χ0n) is 10.7. The van der Waals surface area contributed by atoms with E-state index in [9.17, 15) is 4.79 Å². The lowest BCUT2D eigenvalue weighted by Gasteiger charge is -2.18. The topological polar surface area (TPSA) is 88.7 Å². The SMILES string of the molecule is CCN(CC)CCOc1ncc(N)cc1C(=O)O. The van der Waals surface area contributed by atoms with Crippen LogP contribution in [0.25, 0.3) is 0 Å². The van der Waals surface area contributed by atoms with Gasteiger partial charge in [-0.2, -0.15) is 0 Å². The molecule has 1 aromatic rings. The van der Waals surface area contributed by atoms with Crippen LogP contribution in [0.1, 0.15) is 24.2 Å². The fourth-order valence-electron chi connectivity index (χ4n) is 1.55. The van der Waals surface area contributed by atoms with Gasteiger partial charge < -0.3 is 20.5 Å². The summed E-state index contributed by atoms with van der Waals surface area (Å²) in [5, 5.41) is 9.00. The van der Waals surface area contributed by atoms with Gasteiger partial charge in [0.1, 0.15) is 12.2 Å². The number of carboxylic acid groups (broad SMARTS) is 1. The Morgan fingerprint density at radius 1 is 1.50 bits per heavy atom. The van der Waals surface area contributed by atoms with E-state index in [1.54, 1.807) is 0 Å². The second-order valence-corrected chi connectivity index (χ2v) is 3.80. The van der Waals surface area contributed by atoms with Gasteiger partial charge in [0.15, 0.2) is 0 Å². The Balaban J connectivity index is 2.64. The molecule has 0 aliphatic rings. The number of carbonyl (C=O) groups is 1. The zero-order valence-corrected chi connectivity index (χ0v) is 10.7. The van der Waals surface area contributed by atoms with Gasteiger partial charge in [-0.25, -0.2) is 9.78 Å². The summed E-state index contributed by atoms with van der Waals surface area (Å²) in [5.41, 5.74) is 5.80. The summed E-state index contributed by atoms with van der Waals surface area (Å²) in [6, 6.07) is 1.35. The van der Waals surface area contributed by atoms with Crippen LogP contribution in [0.3, 0.4) is 0 Å². The average Bonchev–Trinajstić information content (AvgIpc) is 2.36. The number of pyridine rings is 1. The molecule has 18 heavy (non-hydrogen) atoms. The Morgan fingerprint density at radius 2 is 2.17 bits per heavy atom. The Labute approximate surface area is 106 Å². The smallest absolute Gasteiger partial charge is 0.341 e. The van der Waals surface area contributed by atoms with Gasteiger partial charge in [0.25, 0.3) is 0 Å². The first-order valence-corrected chi connectivity index (χ1v) is 5.92. The first-order chi connectivity index (χ1) is 8.58. The van der Waals surface area contributed by atoms with Crippen LogP contribution < -0.4 is 10.5 Å². The molecule has 3 N–H and O–H groups in total. The largest absolute Gasteiger partial charge is 0.477 e. The zero-order chi connectivity index (χ0) is 13.5. The molecule has 1 heterocycles. The number of nitrogens with zero attached hydrogens (tertiary/aromatic N) is 2. The minimum atomic E-state index is -1.09. The molecule has 100 valence electrons. The van der Waals surface area contributed by atoms with Crippen LogP contribution in [0, 0.1) is 0 Å². The van der Waals surface area contributed by atoms with Crippen molar-refractivity contribution in [3.63, 3.8) is 0 Å². The fraction of sp³-hybridized carbons (Fsp3) is 0.500. The lowest BCUT2D eigenvalue weighted by atomic mass is 10.2. The van der Waals surface area contributed by atoms with Crippen molar-refractivity contribution < 1.29 is 14.6 Å².